The smallest absolute Gasteiger partial charge is 0.254 e. The molecule has 0 aliphatic heterocycles. The van der Waals surface area contributed by atoms with E-state index >= 15 is 0 Å². The van der Waals surface area contributed by atoms with Crippen molar-refractivity contribution in [3.05, 3.63) is 81.1 Å². The molecule has 0 atom stereocenters. The van der Waals surface area contributed by atoms with Crippen LogP contribution in [0.5, 0.6) is 0 Å². The number of nitrogens with one attached hydrogen (secondary N) is 1. The second-order valence-corrected chi connectivity index (χ2v) is 6.30. The van der Waals surface area contributed by atoms with Gasteiger partial charge in [0.15, 0.2) is 0 Å². The van der Waals surface area contributed by atoms with Crippen LogP contribution in [0.1, 0.15) is 34.0 Å². The fraction of sp³-hybridized carbons (Fsp3) is 0.238. The predicted octanol–water partition coefficient (Wildman–Crippen LogP) is 3.81. The zero-order valence-electron chi connectivity index (χ0n) is 14.8. The van der Waals surface area contributed by atoms with Crippen molar-refractivity contribution < 1.29 is 4.79 Å². The molecule has 0 bridgehead atoms. The van der Waals surface area contributed by atoms with Crippen LogP contribution in [0.3, 0.4) is 0 Å². The number of aryl methyl sites for hydroxylation is 2. The first-order valence-corrected chi connectivity index (χ1v) is 8.47. The molecule has 0 fully saturated rings. The van der Waals surface area contributed by atoms with Crippen LogP contribution in [0.25, 0.3) is 10.9 Å². The van der Waals surface area contributed by atoms with Gasteiger partial charge in [0.25, 0.3) is 11.5 Å². The van der Waals surface area contributed by atoms with E-state index in [0.29, 0.717) is 24.2 Å². The van der Waals surface area contributed by atoms with Crippen LogP contribution in [-0.4, -0.2) is 22.3 Å². The lowest BCUT2D eigenvalue weighted by molar-refractivity contribution is 0.0751. The van der Waals surface area contributed by atoms with Gasteiger partial charge in [-0.15, -0.1) is 0 Å². The molecule has 4 heteroatoms. The SMILES string of the molecule is CCN(Cc1cc2cccc(C)c2[nH]c1=O)C(=O)c1ccccc1C. The lowest BCUT2D eigenvalue weighted by Gasteiger charge is -2.22. The highest BCUT2D eigenvalue weighted by molar-refractivity contribution is 5.95. The minimum absolute atomic E-state index is 0.0515. The number of carbonyl (C=O) groups is 1. The van der Waals surface area contributed by atoms with Crippen molar-refractivity contribution in [1.82, 2.24) is 9.88 Å². The summed E-state index contributed by atoms with van der Waals surface area (Å²) in [4.78, 5) is 30.0. The van der Waals surface area contributed by atoms with E-state index in [-0.39, 0.29) is 11.5 Å². The van der Waals surface area contributed by atoms with Gasteiger partial charge in [0.1, 0.15) is 0 Å². The van der Waals surface area contributed by atoms with Crippen LogP contribution >= 0.6 is 0 Å². The highest BCUT2D eigenvalue weighted by atomic mass is 16.2. The minimum Gasteiger partial charge on any atom is -0.334 e. The van der Waals surface area contributed by atoms with E-state index in [9.17, 15) is 9.59 Å². The number of hydrogen-bond donors (Lipinski definition) is 1. The topological polar surface area (TPSA) is 53.2 Å². The van der Waals surface area contributed by atoms with Crippen LogP contribution in [-0.2, 0) is 6.54 Å². The number of pyridine rings is 1. The zero-order valence-corrected chi connectivity index (χ0v) is 14.8. The molecular weight excluding hydrogens is 312 g/mol. The molecule has 1 heterocycles. The average molecular weight is 334 g/mol. The third-order valence-corrected chi connectivity index (χ3v) is 4.57. The number of fused-ring (bicyclic) bond motifs is 1. The molecule has 1 amide bonds. The van der Waals surface area contributed by atoms with Gasteiger partial charge in [-0.05, 0) is 49.4 Å². The van der Waals surface area contributed by atoms with Crippen molar-refractivity contribution in [2.24, 2.45) is 0 Å². The Hall–Kier alpha value is -2.88. The van der Waals surface area contributed by atoms with Gasteiger partial charge in [-0.2, -0.15) is 0 Å². The molecular formula is C21H22N2O2. The maximum absolute atomic E-state index is 12.8. The van der Waals surface area contributed by atoms with E-state index in [1.54, 1.807) is 4.90 Å². The van der Waals surface area contributed by atoms with Crippen molar-refractivity contribution >= 4 is 16.8 Å². The first-order chi connectivity index (χ1) is 12.0. The lowest BCUT2D eigenvalue weighted by Crippen LogP contribution is -2.33. The molecule has 3 rings (SSSR count). The lowest BCUT2D eigenvalue weighted by atomic mass is 10.1. The van der Waals surface area contributed by atoms with Gasteiger partial charge in [0.05, 0.1) is 12.1 Å². The van der Waals surface area contributed by atoms with Gasteiger partial charge in [0.2, 0.25) is 0 Å². The third-order valence-electron chi connectivity index (χ3n) is 4.57. The molecule has 0 radical (unpaired) electrons. The number of H-pyrrole nitrogens is 1. The summed E-state index contributed by atoms with van der Waals surface area (Å²) >= 11 is 0. The van der Waals surface area contributed by atoms with E-state index in [0.717, 1.165) is 22.0 Å². The number of benzene rings is 2. The summed E-state index contributed by atoms with van der Waals surface area (Å²) in [5.41, 5.74) is 3.96. The normalized spacial score (nSPS) is 10.8. The van der Waals surface area contributed by atoms with E-state index in [1.165, 1.54) is 0 Å². The van der Waals surface area contributed by atoms with Crippen LogP contribution in [0, 0.1) is 13.8 Å². The second-order valence-electron chi connectivity index (χ2n) is 6.30. The Morgan fingerprint density at radius 3 is 2.48 bits per heavy atom. The summed E-state index contributed by atoms with van der Waals surface area (Å²) in [5.74, 6) is -0.0515. The molecule has 0 saturated carbocycles. The molecule has 3 aromatic rings. The van der Waals surface area contributed by atoms with Crippen LogP contribution in [0.15, 0.2) is 53.3 Å². The molecule has 4 nitrogen and oxygen atoms in total. The molecule has 0 spiro atoms. The average Bonchev–Trinajstić information content (AvgIpc) is 2.60. The monoisotopic (exact) mass is 334 g/mol. The molecule has 0 aliphatic rings. The van der Waals surface area contributed by atoms with Crippen LogP contribution in [0.2, 0.25) is 0 Å². The predicted molar refractivity (Wildman–Crippen MR) is 101 cm³/mol. The molecule has 0 aliphatic carbocycles. The number of aromatic amines is 1. The van der Waals surface area contributed by atoms with Crippen molar-refractivity contribution in [1.29, 1.82) is 0 Å². The first-order valence-electron chi connectivity index (χ1n) is 8.47. The molecule has 1 N–H and O–H groups in total. The van der Waals surface area contributed by atoms with E-state index in [2.05, 4.69) is 4.98 Å². The van der Waals surface area contributed by atoms with Crippen molar-refractivity contribution in [2.45, 2.75) is 27.3 Å². The first kappa shape index (κ1) is 17.0. The summed E-state index contributed by atoms with van der Waals surface area (Å²) in [6.45, 7) is 6.65. The summed E-state index contributed by atoms with van der Waals surface area (Å²) < 4.78 is 0. The fourth-order valence-electron chi connectivity index (χ4n) is 3.06. The molecule has 2 aromatic carbocycles. The zero-order chi connectivity index (χ0) is 18.0. The molecule has 25 heavy (non-hydrogen) atoms. The van der Waals surface area contributed by atoms with Gasteiger partial charge in [-0.25, -0.2) is 0 Å². The summed E-state index contributed by atoms with van der Waals surface area (Å²) in [5, 5.41) is 0.981. The molecule has 0 unspecified atom stereocenters. The minimum atomic E-state index is -0.141. The number of rotatable bonds is 4. The summed E-state index contributed by atoms with van der Waals surface area (Å²) in [6.07, 6.45) is 0. The highest BCUT2D eigenvalue weighted by Crippen LogP contribution is 2.17. The summed E-state index contributed by atoms with van der Waals surface area (Å²) in [6, 6.07) is 15.3. The standard InChI is InChI=1S/C21H22N2O2/c1-4-23(21(25)18-11-6-5-8-14(18)2)13-17-12-16-10-7-9-15(3)19(16)22-20(17)24/h5-12H,4,13H2,1-3H3,(H,22,24). The Morgan fingerprint density at radius 2 is 1.76 bits per heavy atom. The van der Waals surface area contributed by atoms with Crippen molar-refractivity contribution in [2.75, 3.05) is 6.54 Å². The maximum Gasteiger partial charge on any atom is 0.254 e. The van der Waals surface area contributed by atoms with E-state index in [4.69, 9.17) is 0 Å². The number of hydrogen-bond acceptors (Lipinski definition) is 2. The van der Waals surface area contributed by atoms with Crippen molar-refractivity contribution in [3.8, 4) is 0 Å². The molecule has 128 valence electrons. The quantitative estimate of drug-likeness (QED) is 0.789. The largest absolute Gasteiger partial charge is 0.334 e. The Balaban J connectivity index is 1.96. The van der Waals surface area contributed by atoms with Gasteiger partial charge in [-0.1, -0.05) is 36.4 Å². The van der Waals surface area contributed by atoms with Gasteiger partial charge < -0.3 is 9.88 Å². The number of nitrogens with zero attached hydrogens (tertiary/aromatic N) is 1. The van der Waals surface area contributed by atoms with Gasteiger partial charge in [0, 0.05) is 17.7 Å². The van der Waals surface area contributed by atoms with Crippen LogP contribution in [0.4, 0.5) is 0 Å². The Kier molecular flexibility index (Phi) is 4.70. The Bertz CT molecular complexity index is 989. The Labute approximate surface area is 147 Å². The number of amides is 1. The van der Waals surface area contributed by atoms with E-state index in [1.807, 2.05) is 69.3 Å². The highest BCUT2D eigenvalue weighted by Gasteiger charge is 2.17. The Morgan fingerprint density at radius 1 is 1.04 bits per heavy atom. The van der Waals surface area contributed by atoms with Crippen LogP contribution < -0.4 is 5.56 Å². The van der Waals surface area contributed by atoms with Crippen molar-refractivity contribution in [3.63, 3.8) is 0 Å². The van der Waals surface area contributed by atoms with Gasteiger partial charge >= 0.3 is 0 Å². The summed E-state index contributed by atoms with van der Waals surface area (Å²) in [7, 11) is 0. The fourth-order valence-corrected chi connectivity index (χ4v) is 3.06. The molecule has 0 saturated heterocycles. The number of para-hydroxylation sites is 1. The third kappa shape index (κ3) is 3.33. The maximum atomic E-state index is 12.8. The second kappa shape index (κ2) is 6.93. The molecule has 1 aromatic heterocycles. The number of carbonyl (C=O) groups excluding carboxylic acids is 1. The number of aromatic nitrogens is 1. The van der Waals surface area contributed by atoms with Gasteiger partial charge in [-0.3, -0.25) is 9.59 Å². The van der Waals surface area contributed by atoms with E-state index < -0.39 is 0 Å².